The average Bonchev–Trinajstić information content (AvgIpc) is 2.37. The highest BCUT2D eigenvalue weighted by atomic mass is 16.5. The van der Waals surface area contributed by atoms with E-state index in [1.54, 1.807) is 0 Å². The Balaban J connectivity index is 2.58. The summed E-state index contributed by atoms with van der Waals surface area (Å²) in [6.45, 7) is 10.4. The van der Waals surface area contributed by atoms with E-state index in [0.717, 1.165) is 12.2 Å². The molecule has 1 aromatic carbocycles. The molecular formula is C16H27NO2. The summed E-state index contributed by atoms with van der Waals surface area (Å²) in [7, 11) is 0. The molecule has 0 aliphatic rings. The Hall–Kier alpha value is -1.06. The fourth-order valence-corrected chi connectivity index (χ4v) is 2.02. The fraction of sp³-hybridized carbons (Fsp3) is 0.625. The van der Waals surface area contributed by atoms with E-state index >= 15 is 0 Å². The highest BCUT2D eigenvalue weighted by Crippen LogP contribution is 2.30. The van der Waals surface area contributed by atoms with Gasteiger partial charge in [0.25, 0.3) is 0 Å². The highest BCUT2D eigenvalue weighted by molar-refractivity contribution is 5.38. The molecule has 0 amide bonds. The number of nitrogens with two attached hydrogens (primary N) is 1. The molecule has 0 heterocycles. The van der Waals surface area contributed by atoms with Crippen LogP contribution < -0.4 is 10.5 Å². The Morgan fingerprint density at radius 1 is 1.21 bits per heavy atom. The van der Waals surface area contributed by atoms with Gasteiger partial charge in [-0.15, -0.1) is 0 Å². The predicted molar refractivity (Wildman–Crippen MR) is 79.7 cm³/mol. The van der Waals surface area contributed by atoms with E-state index in [1.807, 2.05) is 19.1 Å². The Kier molecular flexibility index (Phi) is 6.32. The summed E-state index contributed by atoms with van der Waals surface area (Å²) in [4.78, 5) is 0. The minimum Gasteiger partial charge on any atom is -0.493 e. The van der Waals surface area contributed by atoms with Crippen molar-refractivity contribution in [3.63, 3.8) is 0 Å². The molecule has 0 saturated heterocycles. The van der Waals surface area contributed by atoms with Crippen LogP contribution in [0.4, 0.5) is 0 Å². The lowest BCUT2D eigenvalue weighted by atomic mass is 9.86. The summed E-state index contributed by atoms with van der Waals surface area (Å²) in [6.07, 6.45) is 0.912. The Bertz CT molecular complexity index is 371. The molecule has 0 radical (unpaired) electrons. The second-order valence-corrected chi connectivity index (χ2v) is 5.70. The summed E-state index contributed by atoms with van der Waals surface area (Å²) in [5.41, 5.74) is 6.98. The molecule has 19 heavy (non-hydrogen) atoms. The smallest absolute Gasteiger partial charge is 0.123 e. The number of hydrogen-bond acceptors (Lipinski definition) is 3. The minimum atomic E-state index is 0.0871. The van der Waals surface area contributed by atoms with Gasteiger partial charge in [-0.1, -0.05) is 39.0 Å². The number of ether oxygens (including phenoxy) is 2. The second-order valence-electron chi connectivity index (χ2n) is 5.70. The van der Waals surface area contributed by atoms with Gasteiger partial charge in [0, 0.05) is 19.6 Å². The predicted octanol–water partition coefficient (Wildman–Crippen LogP) is 3.12. The van der Waals surface area contributed by atoms with Gasteiger partial charge < -0.3 is 15.2 Å². The topological polar surface area (TPSA) is 44.5 Å². The van der Waals surface area contributed by atoms with E-state index in [4.69, 9.17) is 15.2 Å². The molecule has 108 valence electrons. The van der Waals surface area contributed by atoms with Crippen molar-refractivity contribution in [3.05, 3.63) is 29.8 Å². The van der Waals surface area contributed by atoms with Crippen molar-refractivity contribution in [2.45, 2.75) is 45.6 Å². The van der Waals surface area contributed by atoms with Crippen molar-refractivity contribution < 1.29 is 9.47 Å². The first-order chi connectivity index (χ1) is 8.99. The minimum absolute atomic E-state index is 0.0871. The number of hydrogen-bond donors (Lipinski definition) is 1. The Labute approximate surface area is 117 Å². The van der Waals surface area contributed by atoms with Crippen LogP contribution in [-0.4, -0.2) is 25.9 Å². The van der Waals surface area contributed by atoms with Crippen LogP contribution in [-0.2, 0) is 10.2 Å². The molecule has 1 atom stereocenters. The molecule has 0 fully saturated rings. The third-order valence-electron chi connectivity index (χ3n) is 3.06. The van der Waals surface area contributed by atoms with Gasteiger partial charge in [-0.3, -0.25) is 0 Å². The van der Waals surface area contributed by atoms with Crippen molar-refractivity contribution in [3.8, 4) is 5.75 Å². The lowest BCUT2D eigenvalue weighted by molar-refractivity contribution is 0.0525. The summed E-state index contributed by atoms with van der Waals surface area (Å²) in [5.74, 6) is 0.960. The quantitative estimate of drug-likeness (QED) is 0.824. The molecule has 1 rings (SSSR count). The molecule has 0 aromatic heterocycles. The molecule has 0 aliphatic heterocycles. The molecule has 3 nitrogen and oxygen atoms in total. The molecule has 3 heteroatoms. The van der Waals surface area contributed by atoms with E-state index in [1.165, 1.54) is 5.56 Å². The average molecular weight is 265 g/mol. The zero-order valence-corrected chi connectivity index (χ0v) is 12.6. The van der Waals surface area contributed by atoms with Crippen LogP contribution in [0.15, 0.2) is 24.3 Å². The van der Waals surface area contributed by atoms with Crippen LogP contribution in [0.5, 0.6) is 5.75 Å². The van der Waals surface area contributed by atoms with Gasteiger partial charge in [0.05, 0.1) is 12.7 Å². The van der Waals surface area contributed by atoms with Crippen molar-refractivity contribution in [1.29, 1.82) is 0 Å². The Morgan fingerprint density at radius 2 is 1.89 bits per heavy atom. The molecular weight excluding hydrogens is 238 g/mol. The van der Waals surface area contributed by atoms with Crippen LogP contribution in [0.2, 0.25) is 0 Å². The van der Waals surface area contributed by atoms with Gasteiger partial charge in [0.15, 0.2) is 0 Å². The first-order valence-electron chi connectivity index (χ1n) is 7.03. The van der Waals surface area contributed by atoms with Gasteiger partial charge in [0.1, 0.15) is 5.75 Å². The largest absolute Gasteiger partial charge is 0.493 e. The Morgan fingerprint density at radius 3 is 2.47 bits per heavy atom. The SMILES string of the molecule is CCOC(CN)CCOc1ccccc1C(C)(C)C. The van der Waals surface area contributed by atoms with Crippen LogP contribution in [0, 0.1) is 0 Å². The maximum Gasteiger partial charge on any atom is 0.123 e. The van der Waals surface area contributed by atoms with Gasteiger partial charge in [0.2, 0.25) is 0 Å². The summed E-state index contributed by atoms with van der Waals surface area (Å²) in [5, 5.41) is 0. The third kappa shape index (κ3) is 5.21. The maximum atomic E-state index is 5.91. The highest BCUT2D eigenvalue weighted by Gasteiger charge is 2.18. The van der Waals surface area contributed by atoms with Crippen molar-refractivity contribution >= 4 is 0 Å². The first-order valence-corrected chi connectivity index (χ1v) is 7.03. The number of rotatable bonds is 7. The zero-order chi connectivity index (χ0) is 14.3. The molecule has 0 bridgehead atoms. The summed E-state index contributed by atoms with van der Waals surface area (Å²) >= 11 is 0. The zero-order valence-electron chi connectivity index (χ0n) is 12.6. The number of para-hydroxylation sites is 1. The lowest BCUT2D eigenvalue weighted by Gasteiger charge is -2.23. The summed E-state index contributed by atoms with van der Waals surface area (Å²) < 4.78 is 11.4. The standard InChI is InChI=1S/C16H27NO2/c1-5-18-13(12-17)10-11-19-15-9-7-6-8-14(15)16(2,3)4/h6-9,13H,5,10-12,17H2,1-4H3. The van der Waals surface area contributed by atoms with Gasteiger partial charge in [-0.2, -0.15) is 0 Å². The fourth-order valence-electron chi connectivity index (χ4n) is 2.02. The van der Waals surface area contributed by atoms with Crippen molar-refractivity contribution in [1.82, 2.24) is 0 Å². The van der Waals surface area contributed by atoms with E-state index in [2.05, 4.69) is 32.9 Å². The van der Waals surface area contributed by atoms with E-state index < -0.39 is 0 Å². The van der Waals surface area contributed by atoms with E-state index in [9.17, 15) is 0 Å². The second kappa shape index (κ2) is 7.51. The molecule has 0 aliphatic carbocycles. The van der Waals surface area contributed by atoms with Crippen molar-refractivity contribution in [2.24, 2.45) is 5.73 Å². The normalized spacial score (nSPS) is 13.3. The van der Waals surface area contributed by atoms with E-state index in [0.29, 0.717) is 19.8 Å². The molecule has 1 unspecified atom stereocenters. The van der Waals surface area contributed by atoms with Crippen molar-refractivity contribution in [2.75, 3.05) is 19.8 Å². The molecule has 0 spiro atoms. The van der Waals surface area contributed by atoms with Crippen LogP contribution in [0.3, 0.4) is 0 Å². The first kappa shape index (κ1) is 16.0. The lowest BCUT2D eigenvalue weighted by Crippen LogP contribution is -2.26. The number of benzene rings is 1. The monoisotopic (exact) mass is 265 g/mol. The third-order valence-corrected chi connectivity index (χ3v) is 3.06. The maximum absolute atomic E-state index is 5.91. The molecule has 0 saturated carbocycles. The molecule has 2 N–H and O–H groups in total. The molecule has 1 aromatic rings. The van der Waals surface area contributed by atoms with Crippen LogP contribution in [0.25, 0.3) is 0 Å². The summed E-state index contributed by atoms with van der Waals surface area (Å²) in [6, 6.07) is 8.21. The van der Waals surface area contributed by atoms with Gasteiger partial charge in [-0.25, -0.2) is 0 Å². The van der Waals surface area contributed by atoms with Gasteiger partial charge in [-0.05, 0) is 24.0 Å². The van der Waals surface area contributed by atoms with Gasteiger partial charge >= 0.3 is 0 Å². The van der Waals surface area contributed by atoms with Crippen LogP contribution in [0.1, 0.15) is 39.7 Å². The van der Waals surface area contributed by atoms with Crippen LogP contribution >= 0.6 is 0 Å². The van der Waals surface area contributed by atoms with E-state index in [-0.39, 0.29) is 11.5 Å².